The van der Waals surface area contributed by atoms with Gasteiger partial charge in [0.1, 0.15) is 5.75 Å². The van der Waals surface area contributed by atoms with Gasteiger partial charge in [0.2, 0.25) is 5.91 Å². The minimum atomic E-state index is -0.153. The standard InChI is InChI=1S/C27H28N2O3/c1-4-32-23-14-10-11-21(18-23)27(31)28-19(2)17-26(24-15-8-9-16-25(24)28)29(20(3)30)22-12-6-5-7-13-22/h5-16,18-19,26H,4,17H2,1-3H3/t19-,26+/m0/s1. The van der Waals surface area contributed by atoms with E-state index in [2.05, 4.69) is 0 Å². The second-order valence-electron chi connectivity index (χ2n) is 8.02. The van der Waals surface area contributed by atoms with Gasteiger partial charge in [-0.25, -0.2) is 0 Å². The van der Waals surface area contributed by atoms with E-state index in [0.29, 0.717) is 24.3 Å². The molecule has 5 heteroatoms. The van der Waals surface area contributed by atoms with Crippen LogP contribution in [0.2, 0.25) is 0 Å². The normalized spacial score (nSPS) is 17.4. The molecule has 0 saturated carbocycles. The van der Waals surface area contributed by atoms with E-state index in [0.717, 1.165) is 16.9 Å². The molecule has 5 nitrogen and oxygen atoms in total. The molecule has 0 aliphatic carbocycles. The molecule has 0 N–H and O–H groups in total. The van der Waals surface area contributed by atoms with Gasteiger partial charge >= 0.3 is 0 Å². The lowest BCUT2D eigenvalue weighted by molar-refractivity contribution is -0.117. The first kappa shape index (κ1) is 21.6. The summed E-state index contributed by atoms with van der Waals surface area (Å²) in [7, 11) is 0. The highest BCUT2D eigenvalue weighted by atomic mass is 16.5. The van der Waals surface area contributed by atoms with Crippen LogP contribution < -0.4 is 14.5 Å². The van der Waals surface area contributed by atoms with Crippen LogP contribution in [0.15, 0.2) is 78.9 Å². The van der Waals surface area contributed by atoms with Gasteiger partial charge in [0, 0.05) is 29.9 Å². The molecule has 164 valence electrons. The highest BCUT2D eigenvalue weighted by molar-refractivity contribution is 6.07. The van der Waals surface area contributed by atoms with Gasteiger partial charge in [-0.15, -0.1) is 0 Å². The van der Waals surface area contributed by atoms with E-state index >= 15 is 0 Å². The van der Waals surface area contributed by atoms with Crippen LogP contribution in [0, 0.1) is 0 Å². The van der Waals surface area contributed by atoms with Crippen molar-refractivity contribution in [3.8, 4) is 5.75 Å². The van der Waals surface area contributed by atoms with Crippen molar-refractivity contribution in [2.24, 2.45) is 0 Å². The quantitative estimate of drug-likeness (QED) is 0.530. The van der Waals surface area contributed by atoms with Crippen molar-refractivity contribution in [1.29, 1.82) is 0 Å². The van der Waals surface area contributed by atoms with Crippen molar-refractivity contribution in [2.75, 3.05) is 16.4 Å². The third-order valence-corrected chi connectivity index (χ3v) is 5.86. The van der Waals surface area contributed by atoms with E-state index in [4.69, 9.17) is 4.74 Å². The van der Waals surface area contributed by atoms with Gasteiger partial charge in [0.15, 0.2) is 0 Å². The van der Waals surface area contributed by atoms with Gasteiger partial charge in [0.05, 0.1) is 12.6 Å². The van der Waals surface area contributed by atoms with Crippen LogP contribution >= 0.6 is 0 Å². The van der Waals surface area contributed by atoms with Crippen LogP contribution in [-0.4, -0.2) is 24.5 Å². The summed E-state index contributed by atoms with van der Waals surface area (Å²) < 4.78 is 5.59. The van der Waals surface area contributed by atoms with Crippen LogP contribution in [0.5, 0.6) is 5.75 Å². The molecule has 1 aliphatic heterocycles. The first-order chi connectivity index (χ1) is 15.5. The number of anilines is 2. The lowest BCUT2D eigenvalue weighted by atomic mass is 9.89. The topological polar surface area (TPSA) is 49.9 Å². The second kappa shape index (κ2) is 9.27. The monoisotopic (exact) mass is 428 g/mol. The summed E-state index contributed by atoms with van der Waals surface area (Å²) in [6.45, 7) is 6.10. The fraction of sp³-hybridized carbons (Fsp3) is 0.259. The summed E-state index contributed by atoms with van der Waals surface area (Å²) in [5, 5.41) is 0. The van der Waals surface area contributed by atoms with E-state index < -0.39 is 0 Å². The Bertz CT molecular complexity index is 1110. The molecule has 0 saturated heterocycles. The Morgan fingerprint density at radius 3 is 2.44 bits per heavy atom. The zero-order valence-corrected chi connectivity index (χ0v) is 18.7. The van der Waals surface area contributed by atoms with E-state index in [9.17, 15) is 9.59 Å². The predicted octanol–water partition coefficient (Wildman–Crippen LogP) is 5.62. The van der Waals surface area contributed by atoms with E-state index in [1.807, 2.05) is 96.4 Å². The Morgan fingerprint density at radius 2 is 1.72 bits per heavy atom. The molecule has 1 heterocycles. The number of nitrogens with zero attached hydrogens (tertiary/aromatic N) is 2. The highest BCUT2D eigenvalue weighted by Gasteiger charge is 2.38. The van der Waals surface area contributed by atoms with Crippen LogP contribution in [0.25, 0.3) is 0 Å². The summed E-state index contributed by atoms with van der Waals surface area (Å²) in [6, 6.07) is 24.6. The highest BCUT2D eigenvalue weighted by Crippen LogP contribution is 2.42. The molecule has 0 aromatic heterocycles. The lowest BCUT2D eigenvalue weighted by Gasteiger charge is -2.43. The number of amides is 2. The van der Waals surface area contributed by atoms with Crippen LogP contribution in [0.1, 0.15) is 49.2 Å². The Labute approximate surface area is 189 Å². The van der Waals surface area contributed by atoms with Crippen molar-refractivity contribution in [3.05, 3.63) is 90.0 Å². The maximum absolute atomic E-state index is 13.6. The minimum absolute atomic E-state index is 0.0209. The summed E-state index contributed by atoms with van der Waals surface area (Å²) >= 11 is 0. The molecule has 0 bridgehead atoms. The fourth-order valence-corrected chi connectivity index (χ4v) is 4.53. The lowest BCUT2D eigenvalue weighted by Crippen LogP contribution is -2.47. The van der Waals surface area contributed by atoms with Gasteiger partial charge in [-0.1, -0.05) is 42.5 Å². The van der Waals surface area contributed by atoms with E-state index in [-0.39, 0.29) is 23.9 Å². The maximum Gasteiger partial charge on any atom is 0.258 e. The third-order valence-electron chi connectivity index (χ3n) is 5.86. The van der Waals surface area contributed by atoms with Gasteiger partial charge in [0.25, 0.3) is 5.91 Å². The molecule has 0 unspecified atom stereocenters. The summed E-state index contributed by atoms with van der Waals surface area (Å²) in [5.74, 6) is 0.590. The largest absolute Gasteiger partial charge is 0.494 e. The number of hydrogen-bond acceptors (Lipinski definition) is 3. The van der Waals surface area contributed by atoms with Crippen molar-refractivity contribution >= 4 is 23.2 Å². The molecule has 4 rings (SSSR count). The minimum Gasteiger partial charge on any atom is -0.494 e. The van der Waals surface area contributed by atoms with E-state index in [1.54, 1.807) is 13.0 Å². The molecular formula is C27H28N2O3. The number of ether oxygens (including phenoxy) is 1. The van der Waals surface area contributed by atoms with Gasteiger partial charge < -0.3 is 14.5 Å². The average Bonchev–Trinajstić information content (AvgIpc) is 2.80. The smallest absolute Gasteiger partial charge is 0.258 e. The molecule has 0 radical (unpaired) electrons. The molecule has 0 fully saturated rings. The van der Waals surface area contributed by atoms with Crippen LogP contribution in [-0.2, 0) is 4.79 Å². The molecule has 32 heavy (non-hydrogen) atoms. The molecular weight excluding hydrogens is 400 g/mol. The Hall–Kier alpha value is -3.60. The summed E-state index contributed by atoms with van der Waals surface area (Å²) in [5.41, 5.74) is 3.25. The maximum atomic E-state index is 13.6. The molecule has 2 amide bonds. The van der Waals surface area contributed by atoms with Gasteiger partial charge in [-0.05, 0) is 62.2 Å². The summed E-state index contributed by atoms with van der Waals surface area (Å²) in [6.07, 6.45) is 0.641. The number of carbonyl (C=O) groups is 2. The first-order valence-electron chi connectivity index (χ1n) is 11.0. The molecule has 3 aromatic rings. The SMILES string of the molecule is CCOc1cccc(C(=O)N2c3ccccc3[C@H](N(C(C)=O)c3ccccc3)C[C@@H]2C)c1. The van der Waals surface area contributed by atoms with Gasteiger partial charge in [-0.2, -0.15) is 0 Å². The summed E-state index contributed by atoms with van der Waals surface area (Å²) in [4.78, 5) is 30.0. The fourth-order valence-electron chi connectivity index (χ4n) is 4.53. The van der Waals surface area contributed by atoms with Crippen molar-refractivity contribution in [3.63, 3.8) is 0 Å². The first-order valence-corrected chi connectivity index (χ1v) is 11.0. The van der Waals surface area contributed by atoms with Crippen LogP contribution in [0.4, 0.5) is 11.4 Å². The zero-order chi connectivity index (χ0) is 22.7. The number of para-hydroxylation sites is 2. The van der Waals surface area contributed by atoms with E-state index in [1.165, 1.54) is 0 Å². The molecule has 0 spiro atoms. The predicted molar refractivity (Wildman–Crippen MR) is 127 cm³/mol. The molecule has 3 aromatic carbocycles. The Balaban J connectivity index is 1.75. The average molecular weight is 429 g/mol. The molecule has 1 aliphatic rings. The number of benzene rings is 3. The Morgan fingerprint density at radius 1 is 1.00 bits per heavy atom. The Kier molecular flexibility index (Phi) is 6.26. The van der Waals surface area contributed by atoms with Crippen molar-refractivity contribution in [2.45, 2.75) is 39.3 Å². The third kappa shape index (κ3) is 4.11. The van der Waals surface area contributed by atoms with Crippen molar-refractivity contribution < 1.29 is 14.3 Å². The zero-order valence-electron chi connectivity index (χ0n) is 18.7. The van der Waals surface area contributed by atoms with Gasteiger partial charge in [-0.3, -0.25) is 9.59 Å². The number of carbonyl (C=O) groups excluding carboxylic acids is 2. The number of fused-ring (bicyclic) bond motifs is 1. The molecule has 2 atom stereocenters. The number of rotatable bonds is 5. The van der Waals surface area contributed by atoms with Crippen molar-refractivity contribution in [1.82, 2.24) is 0 Å². The second-order valence-corrected chi connectivity index (χ2v) is 8.02. The van der Waals surface area contributed by atoms with Crippen LogP contribution in [0.3, 0.4) is 0 Å². The number of hydrogen-bond donors (Lipinski definition) is 0.